The van der Waals surface area contributed by atoms with E-state index in [4.69, 9.17) is 30.4 Å². The molecule has 4 heterocycles. The van der Waals surface area contributed by atoms with E-state index in [2.05, 4.69) is 94.4 Å². The Balaban J connectivity index is 1.39. The van der Waals surface area contributed by atoms with Gasteiger partial charge in [0.05, 0.1) is 84.3 Å². The first-order valence-electron chi connectivity index (χ1n) is 40.7. The third kappa shape index (κ3) is 35.2. The monoisotopic (exact) mass is 1760 g/mol. The molecule has 23 N–H and O–H groups in total. The number of aliphatic carboxylic acids is 1. The van der Waals surface area contributed by atoms with Crippen LogP contribution in [-0.4, -0.2) is 288 Å². The van der Waals surface area contributed by atoms with Crippen molar-refractivity contribution in [2.24, 2.45) is 29.2 Å². The van der Waals surface area contributed by atoms with Crippen molar-refractivity contribution in [3.63, 3.8) is 0 Å². The standard InChI is InChI=1S/C80H120N20O21S2/c1-43(2)30-57-72(109)88-39-65(103)91-56(18-19-64(102)85-21-23-119-25-27-121-29-28-120-26-24-118-22-20-83-9)73(110)94-58(31-44(3)4)77(114)99-67(45(5)6)80(117)96-60(33-49-37-87-55-17-13-11-15-52(49)55)75(112)98-63(79(116)100-68(47(8)101)69(82)106)41-123-122-40-62(97-71(108)53(81)35-66(104)105)78(115)90-46(7)70(107)92-59(32-48-36-86-54-16-12-10-14-51(48)54)74(111)95-61(76(113)93-57)34-50-38-84-42-89-50/h10-17,36-38,42-47,53,56-63,67-68,83,86-87,101H,18-35,39-41,81H2,1-9H3,(H2,82,106)(H,84,89)(H,85,102)(H,88,109)(H,90,115)(H,91,103)(H,92,107)(H,93,113)(H,94,110)(H,95,111)(H,96,117)(H,97,108)(H,98,112)(H,99,114)(H,100,116)(H,104,105)/t46-,47+,53-,56-,57-,58-,59-,60-,61-,62-,63-,67-,68-/m0/s1. The highest BCUT2D eigenvalue weighted by atomic mass is 33.1. The minimum atomic E-state index is -1.74. The molecule has 41 nitrogen and oxygen atoms in total. The summed E-state index contributed by atoms with van der Waals surface area (Å²) in [5.74, 6) is -17.4. The number of benzene rings is 2. The number of hydrogen-bond acceptors (Lipinski definition) is 25. The number of primary amides is 1. The second kappa shape index (κ2) is 52.6. The topological polar surface area (TPSA) is 614 Å². The van der Waals surface area contributed by atoms with E-state index >= 15 is 14.4 Å². The molecular weight excluding hydrogens is 1640 g/mol. The number of carboxylic acid groups (broad SMARTS) is 1. The number of nitrogens with two attached hydrogens (primary N) is 2. The molecule has 1 aliphatic rings. The number of aliphatic hydroxyl groups is 1. The molecule has 2 aromatic carbocycles. The number of nitrogens with zero attached hydrogens (tertiary/aromatic N) is 1. The van der Waals surface area contributed by atoms with Gasteiger partial charge in [0.25, 0.3) is 0 Å². The number of para-hydroxylation sites is 2. The van der Waals surface area contributed by atoms with E-state index in [1.54, 1.807) is 102 Å². The number of likely N-dealkylation sites (N-methyl/N-ethyl adjacent to an activating group) is 1. The molecule has 1 fully saturated rings. The van der Waals surface area contributed by atoms with Gasteiger partial charge in [-0.1, -0.05) is 99.5 Å². The molecule has 43 heteroatoms. The van der Waals surface area contributed by atoms with Crippen LogP contribution in [0.1, 0.15) is 104 Å². The average molecular weight is 1760 g/mol. The van der Waals surface area contributed by atoms with Gasteiger partial charge in [-0.2, -0.15) is 0 Å². The molecule has 1 aliphatic heterocycles. The average Bonchev–Trinajstić information content (AvgIpc) is 1.69. The van der Waals surface area contributed by atoms with Gasteiger partial charge in [-0.3, -0.25) is 71.9 Å². The first kappa shape index (κ1) is 101. The number of carbonyl (C=O) groups is 15. The van der Waals surface area contributed by atoms with Crippen LogP contribution in [0.25, 0.3) is 21.8 Å². The molecule has 0 saturated carbocycles. The van der Waals surface area contributed by atoms with Crippen molar-refractivity contribution < 1.29 is 101 Å². The SMILES string of the molecule is CNCCOCCOCCOCCOCCNC(=O)CC[C@@H]1NC(=O)CNC(=O)[C@H](CC(C)C)NC(=O)[C@H](Cc2cnc[nH]2)NC(=O)[C@H](Cc2c[nH]c3ccccc23)NC(=O)[C@H](C)NC(=O)[C@@H](NC(=O)[C@@H](N)CC(=O)O)CSSC[C@@H](C(=O)N[C@H](C(N)=O)[C@@H](C)O)NC(=O)[C@H](Cc2c[nH]c3ccccc23)NC(=O)[C@H](C(C)C)NC(=O)[C@H](CC(C)C)NC1=O. The van der Waals surface area contributed by atoms with Crippen LogP contribution in [-0.2, 0) is 110 Å². The van der Waals surface area contributed by atoms with Crippen molar-refractivity contribution in [2.75, 3.05) is 91.0 Å². The molecule has 0 aliphatic carbocycles. The predicted molar refractivity (Wildman–Crippen MR) is 455 cm³/mol. The number of H-pyrrole nitrogens is 3. The Bertz CT molecular complexity index is 4320. The van der Waals surface area contributed by atoms with Crippen molar-refractivity contribution in [1.29, 1.82) is 0 Å². The summed E-state index contributed by atoms with van der Waals surface area (Å²) < 4.78 is 22.1. The number of nitrogens with one attached hydrogen (secondary N) is 17. The maximum absolute atomic E-state index is 15.2. The van der Waals surface area contributed by atoms with E-state index in [9.17, 15) is 67.7 Å². The van der Waals surface area contributed by atoms with E-state index in [1.807, 2.05) is 7.05 Å². The molecule has 678 valence electrons. The number of imidazole rings is 1. The summed E-state index contributed by atoms with van der Waals surface area (Å²) in [5, 5.41) is 58.4. The highest BCUT2D eigenvalue weighted by Crippen LogP contribution is 2.26. The summed E-state index contributed by atoms with van der Waals surface area (Å²) in [6.45, 7) is 15.0. The van der Waals surface area contributed by atoms with E-state index in [0.29, 0.717) is 71.7 Å². The number of ether oxygens (including phenoxy) is 4. The molecule has 14 amide bonds. The second-order valence-corrected chi connectivity index (χ2v) is 33.3. The van der Waals surface area contributed by atoms with Crippen molar-refractivity contribution in [3.8, 4) is 0 Å². The van der Waals surface area contributed by atoms with Crippen LogP contribution in [0.15, 0.2) is 73.4 Å². The normalized spacial score (nSPS) is 21.7. The van der Waals surface area contributed by atoms with Gasteiger partial charge in [-0.15, -0.1) is 0 Å². The largest absolute Gasteiger partial charge is 0.481 e. The van der Waals surface area contributed by atoms with Crippen LogP contribution in [0, 0.1) is 17.8 Å². The highest BCUT2D eigenvalue weighted by molar-refractivity contribution is 8.76. The minimum Gasteiger partial charge on any atom is -0.481 e. The molecule has 0 bridgehead atoms. The third-order valence-corrected chi connectivity index (χ3v) is 21.7. The van der Waals surface area contributed by atoms with Gasteiger partial charge in [-0.05, 0) is 81.2 Å². The molecule has 0 spiro atoms. The number of carbonyl (C=O) groups excluding carboxylic acids is 14. The van der Waals surface area contributed by atoms with Crippen LogP contribution < -0.4 is 85.9 Å². The fourth-order valence-electron chi connectivity index (χ4n) is 12.7. The highest BCUT2D eigenvalue weighted by Gasteiger charge is 2.39. The fraction of sp³-hybridized carbons (Fsp3) is 0.575. The molecule has 13 atom stereocenters. The van der Waals surface area contributed by atoms with Gasteiger partial charge in [0.1, 0.15) is 66.5 Å². The van der Waals surface area contributed by atoms with Crippen LogP contribution in [0.3, 0.4) is 0 Å². The number of aromatic nitrogens is 4. The Morgan fingerprint density at radius 3 is 1.59 bits per heavy atom. The molecule has 0 radical (unpaired) electrons. The Hall–Kier alpha value is -10.8. The van der Waals surface area contributed by atoms with E-state index in [0.717, 1.165) is 35.1 Å². The predicted octanol–water partition coefficient (Wildman–Crippen LogP) is -3.14. The summed E-state index contributed by atoms with van der Waals surface area (Å²) in [5.41, 5.74) is 14.2. The molecule has 3 aromatic heterocycles. The Labute approximate surface area is 720 Å². The number of aromatic amines is 3. The number of hydrogen-bond donors (Lipinski definition) is 21. The van der Waals surface area contributed by atoms with Gasteiger partial charge in [0, 0.05) is 96.4 Å². The lowest BCUT2D eigenvalue weighted by Gasteiger charge is -2.29. The Morgan fingerprint density at radius 1 is 0.569 bits per heavy atom. The lowest BCUT2D eigenvalue weighted by atomic mass is 9.98. The second-order valence-electron chi connectivity index (χ2n) is 30.7. The molecule has 0 unspecified atom stereocenters. The fourth-order valence-corrected chi connectivity index (χ4v) is 15.0. The van der Waals surface area contributed by atoms with Crippen LogP contribution in [0.5, 0.6) is 0 Å². The summed E-state index contributed by atoms with van der Waals surface area (Å²) in [6.07, 6.45) is 1.69. The van der Waals surface area contributed by atoms with Crippen molar-refractivity contribution >= 4 is 132 Å². The zero-order chi connectivity index (χ0) is 90.2. The first-order valence-corrected chi connectivity index (χ1v) is 43.2. The molecule has 6 rings (SSSR count). The third-order valence-electron chi connectivity index (χ3n) is 19.3. The van der Waals surface area contributed by atoms with E-state index in [-0.39, 0.29) is 83.1 Å². The zero-order valence-electron chi connectivity index (χ0n) is 70.6. The van der Waals surface area contributed by atoms with Crippen molar-refractivity contribution in [1.82, 2.24) is 94.4 Å². The first-order chi connectivity index (χ1) is 58.6. The molecular formula is C80H120N20O21S2. The number of rotatable bonds is 37. The quantitative estimate of drug-likeness (QED) is 0.0138. The maximum Gasteiger partial charge on any atom is 0.305 e. The number of amides is 14. The molecule has 1 saturated heterocycles. The van der Waals surface area contributed by atoms with Crippen molar-refractivity contribution in [3.05, 3.63) is 90.3 Å². The smallest absolute Gasteiger partial charge is 0.305 e. The summed E-state index contributed by atoms with van der Waals surface area (Å²) in [6, 6.07) is -5.12. The number of fused-ring (bicyclic) bond motifs is 2. The number of carboxylic acids is 1. The van der Waals surface area contributed by atoms with Crippen LogP contribution >= 0.6 is 21.6 Å². The number of aliphatic hydroxyl groups excluding tert-OH is 1. The Morgan fingerprint density at radius 2 is 1.07 bits per heavy atom. The maximum atomic E-state index is 15.2. The van der Waals surface area contributed by atoms with Gasteiger partial charge >= 0.3 is 5.97 Å². The van der Waals surface area contributed by atoms with E-state index in [1.165, 1.54) is 19.4 Å². The summed E-state index contributed by atoms with van der Waals surface area (Å²) in [7, 11) is 3.44. The van der Waals surface area contributed by atoms with E-state index < -0.39 is 198 Å². The summed E-state index contributed by atoms with van der Waals surface area (Å²) >= 11 is 0. The van der Waals surface area contributed by atoms with Gasteiger partial charge in [0.15, 0.2) is 0 Å². The lowest BCUT2D eigenvalue weighted by molar-refractivity contribution is -0.140. The molecule has 5 aromatic rings. The van der Waals surface area contributed by atoms with Crippen LogP contribution in [0.2, 0.25) is 0 Å². The van der Waals surface area contributed by atoms with Crippen LogP contribution in [0.4, 0.5) is 0 Å². The minimum absolute atomic E-state index is 0.0268. The van der Waals surface area contributed by atoms with Gasteiger partial charge in [-0.25, -0.2) is 4.98 Å². The molecule has 123 heavy (non-hydrogen) atoms. The lowest BCUT2D eigenvalue weighted by Crippen LogP contribution is -2.61. The van der Waals surface area contributed by atoms with Gasteiger partial charge in [0.2, 0.25) is 82.7 Å². The van der Waals surface area contributed by atoms with Gasteiger partial charge < -0.3 is 130 Å². The Kier molecular flexibility index (Phi) is 43.2. The summed E-state index contributed by atoms with van der Waals surface area (Å²) in [4.78, 5) is 227. The zero-order valence-corrected chi connectivity index (χ0v) is 72.2. The van der Waals surface area contributed by atoms with Crippen molar-refractivity contribution in [2.45, 2.75) is 185 Å².